The van der Waals surface area contributed by atoms with Crippen molar-refractivity contribution in [2.24, 2.45) is 0 Å². The fourth-order valence-corrected chi connectivity index (χ4v) is 3.75. The van der Waals surface area contributed by atoms with Gasteiger partial charge in [-0.05, 0) is 55.3 Å². The van der Waals surface area contributed by atoms with Crippen molar-refractivity contribution in [2.75, 3.05) is 37.4 Å². The van der Waals surface area contributed by atoms with Crippen molar-refractivity contribution < 1.29 is 19.1 Å². The Hall–Kier alpha value is -3.39. The first kappa shape index (κ1) is 24.3. The summed E-state index contributed by atoms with van der Waals surface area (Å²) in [5.41, 5.74) is 2.34. The van der Waals surface area contributed by atoms with Crippen LogP contribution in [0.1, 0.15) is 52.8 Å². The Labute approximate surface area is 194 Å². The number of amides is 3. The summed E-state index contributed by atoms with van der Waals surface area (Å²) >= 11 is 0. The highest BCUT2D eigenvalue weighted by Gasteiger charge is 2.16. The molecule has 1 fully saturated rings. The Balaban J connectivity index is 1.45. The van der Waals surface area contributed by atoms with E-state index in [9.17, 15) is 14.4 Å². The minimum atomic E-state index is -0.244. The molecule has 0 saturated heterocycles. The molecular formula is C25H32N4O4. The number of carbonyl (C=O) groups excluding carboxylic acids is 3. The molecule has 0 aliphatic heterocycles. The van der Waals surface area contributed by atoms with Crippen LogP contribution in [0.15, 0.2) is 48.5 Å². The van der Waals surface area contributed by atoms with Crippen molar-refractivity contribution in [1.82, 2.24) is 10.6 Å². The molecule has 176 valence electrons. The predicted octanol–water partition coefficient (Wildman–Crippen LogP) is 3.18. The van der Waals surface area contributed by atoms with Crippen LogP contribution in [0.3, 0.4) is 0 Å². The zero-order valence-corrected chi connectivity index (χ0v) is 19.0. The molecule has 0 heterocycles. The van der Waals surface area contributed by atoms with Gasteiger partial charge in [-0.25, -0.2) is 0 Å². The molecule has 0 bridgehead atoms. The van der Waals surface area contributed by atoms with Gasteiger partial charge in [0.15, 0.2) is 0 Å². The second kappa shape index (κ2) is 12.6. The van der Waals surface area contributed by atoms with Crippen LogP contribution in [0.2, 0.25) is 0 Å². The number of hydrogen-bond donors (Lipinski definition) is 4. The molecule has 8 nitrogen and oxygen atoms in total. The Morgan fingerprint density at radius 3 is 2.39 bits per heavy atom. The van der Waals surface area contributed by atoms with E-state index in [4.69, 9.17) is 4.74 Å². The van der Waals surface area contributed by atoms with Gasteiger partial charge in [-0.1, -0.05) is 25.3 Å². The van der Waals surface area contributed by atoms with Gasteiger partial charge in [0.05, 0.1) is 13.2 Å². The summed E-state index contributed by atoms with van der Waals surface area (Å²) in [6.45, 7) is 0.898. The van der Waals surface area contributed by atoms with Gasteiger partial charge in [-0.3, -0.25) is 14.4 Å². The van der Waals surface area contributed by atoms with E-state index in [1.807, 2.05) is 0 Å². The number of anilines is 2. The van der Waals surface area contributed by atoms with E-state index >= 15 is 0 Å². The van der Waals surface area contributed by atoms with E-state index < -0.39 is 0 Å². The van der Waals surface area contributed by atoms with Crippen molar-refractivity contribution in [3.63, 3.8) is 0 Å². The van der Waals surface area contributed by atoms with Crippen LogP contribution in [0.25, 0.3) is 0 Å². The minimum Gasteiger partial charge on any atom is -0.383 e. The first-order valence-corrected chi connectivity index (χ1v) is 11.4. The van der Waals surface area contributed by atoms with Crippen molar-refractivity contribution in [3.8, 4) is 0 Å². The quantitative estimate of drug-likeness (QED) is 0.414. The molecule has 0 spiro atoms. The standard InChI is InChI=1S/C25H32N4O4/c1-33-15-14-26-24(31)19-6-5-9-22(16-19)28-23(30)17-27-20-12-10-18(11-13-20)25(32)29-21-7-3-2-4-8-21/h5-6,9-13,16,21,27H,2-4,7-8,14-15,17H2,1H3,(H,26,31)(H,28,30)(H,29,32). The topological polar surface area (TPSA) is 109 Å². The zero-order chi connectivity index (χ0) is 23.5. The average Bonchev–Trinajstić information content (AvgIpc) is 2.84. The molecule has 1 aliphatic rings. The lowest BCUT2D eigenvalue weighted by atomic mass is 9.95. The Morgan fingerprint density at radius 1 is 0.909 bits per heavy atom. The fourth-order valence-electron chi connectivity index (χ4n) is 3.75. The summed E-state index contributed by atoms with van der Waals surface area (Å²) in [6, 6.07) is 14.1. The summed E-state index contributed by atoms with van der Waals surface area (Å²) in [7, 11) is 1.57. The van der Waals surface area contributed by atoms with Gasteiger partial charge in [0.1, 0.15) is 0 Å². The maximum absolute atomic E-state index is 12.4. The first-order valence-electron chi connectivity index (χ1n) is 11.4. The van der Waals surface area contributed by atoms with Gasteiger partial charge < -0.3 is 26.0 Å². The zero-order valence-electron chi connectivity index (χ0n) is 19.0. The highest BCUT2D eigenvalue weighted by atomic mass is 16.5. The highest BCUT2D eigenvalue weighted by Crippen LogP contribution is 2.18. The third-order valence-electron chi connectivity index (χ3n) is 5.54. The van der Waals surface area contributed by atoms with Crippen molar-refractivity contribution >= 4 is 29.1 Å². The minimum absolute atomic E-state index is 0.0535. The van der Waals surface area contributed by atoms with E-state index in [1.165, 1.54) is 19.3 Å². The van der Waals surface area contributed by atoms with E-state index in [1.54, 1.807) is 55.6 Å². The number of nitrogens with one attached hydrogen (secondary N) is 4. The number of benzene rings is 2. The van der Waals surface area contributed by atoms with Gasteiger partial charge in [0.25, 0.3) is 11.8 Å². The van der Waals surface area contributed by atoms with Crippen molar-refractivity contribution in [1.29, 1.82) is 0 Å². The molecule has 0 aromatic heterocycles. The third-order valence-corrected chi connectivity index (χ3v) is 5.54. The maximum atomic E-state index is 12.4. The molecule has 3 rings (SSSR count). The Morgan fingerprint density at radius 2 is 1.67 bits per heavy atom. The lowest BCUT2D eigenvalue weighted by Crippen LogP contribution is -2.36. The molecule has 1 saturated carbocycles. The van der Waals surface area contributed by atoms with E-state index in [-0.39, 0.29) is 30.3 Å². The first-order chi connectivity index (χ1) is 16.0. The van der Waals surface area contributed by atoms with Crippen LogP contribution < -0.4 is 21.3 Å². The third kappa shape index (κ3) is 7.91. The maximum Gasteiger partial charge on any atom is 0.251 e. The number of methoxy groups -OCH3 is 1. The molecular weight excluding hydrogens is 420 g/mol. The van der Waals surface area contributed by atoms with Crippen LogP contribution in [0.5, 0.6) is 0 Å². The Kier molecular flexibility index (Phi) is 9.26. The van der Waals surface area contributed by atoms with Gasteiger partial charge in [-0.2, -0.15) is 0 Å². The number of hydrogen-bond acceptors (Lipinski definition) is 5. The number of carbonyl (C=O) groups is 3. The molecule has 3 amide bonds. The molecule has 0 atom stereocenters. The molecule has 2 aromatic rings. The van der Waals surface area contributed by atoms with Gasteiger partial charge in [0, 0.05) is 42.2 Å². The predicted molar refractivity (Wildman–Crippen MR) is 129 cm³/mol. The summed E-state index contributed by atoms with van der Waals surface area (Å²) in [5, 5.41) is 11.7. The fraction of sp³-hybridized carbons (Fsp3) is 0.400. The molecule has 8 heteroatoms. The summed E-state index contributed by atoms with van der Waals surface area (Å²) in [4.78, 5) is 36.9. The van der Waals surface area contributed by atoms with Crippen LogP contribution in [0, 0.1) is 0 Å². The molecule has 0 unspecified atom stereocenters. The lowest BCUT2D eigenvalue weighted by Gasteiger charge is -2.22. The highest BCUT2D eigenvalue weighted by molar-refractivity contribution is 5.98. The van der Waals surface area contributed by atoms with Gasteiger partial charge in [0.2, 0.25) is 5.91 Å². The van der Waals surface area contributed by atoms with E-state index in [2.05, 4.69) is 21.3 Å². The van der Waals surface area contributed by atoms with Crippen LogP contribution in [0.4, 0.5) is 11.4 Å². The summed E-state index contributed by atoms with van der Waals surface area (Å²) in [6.07, 6.45) is 5.67. The van der Waals surface area contributed by atoms with Gasteiger partial charge >= 0.3 is 0 Å². The lowest BCUT2D eigenvalue weighted by molar-refractivity contribution is -0.114. The summed E-state index contributed by atoms with van der Waals surface area (Å²) < 4.78 is 4.92. The smallest absolute Gasteiger partial charge is 0.251 e. The summed E-state index contributed by atoms with van der Waals surface area (Å²) in [5.74, 6) is -0.530. The molecule has 33 heavy (non-hydrogen) atoms. The molecule has 0 radical (unpaired) electrons. The molecule has 1 aliphatic carbocycles. The number of rotatable bonds is 10. The number of ether oxygens (including phenoxy) is 1. The Bertz CT molecular complexity index is 940. The normalized spacial score (nSPS) is 13.7. The van der Waals surface area contributed by atoms with Crippen molar-refractivity contribution in [3.05, 3.63) is 59.7 Å². The molecule has 4 N–H and O–H groups in total. The second-order valence-electron chi connectivity index (χ2n) is 8.12. The van der Waals surface area contributed by atoms with E-state index in [0.717, 1.165) is 18.5 Å². The van der Waals surface area contributed by atoms with E-state index in [0.29, 0.717) is 30.0 Å². The van der Waals surface area contributed by atoms with Crippen LogP contribution in [-0.2, 0) is 9.53 Å². The van der Waals surface area contributed by atoms with Crippen LogP contribution in [-0.4, -0.2) is 50.6 Å². The van der Waals surface area contributed by atoms with Crippen LogP contribution >= 0.6 is 0 Å². The van der Waals surface area contributed by atoms with Gasteiger partial charge in [-0.15, -0.1) is 0 Å². The largest absolute Gasteiger partial charge is 0.383 e. The monoisotopic (exact) mass is 452 g/mol. The van der Waals surface area contributed by atoms with Crippen molar-refractivity contribution in [2.45, 2.75) is 38.1 Å². The molecule has 2 aromatic carbocycles. The second-order valence-corrected chi connectivity index (χ2v) is 8.12. The average molecular weight is 453 g/mol. The SMILES string of the molecule is COCCNC(=O)c1cccc(NC(=O)CNc2ccc(C(=O)NC3CCCCC3)cc2)c1.